The summed E-state index contributed by atoms with van der Waals surface area (Å²) in [6.07, 6.45) is 3.67. The molecule has 1 fully saturated rings. The van der Waals surface area contributed by atoms with E-state index in [0.29, 0.717) is 31.7 Å². The van der Waals surface area contributed by atoms with Crippen LogP contribution in [0.2, 0.25) is 0 Å². The Morgan fingerprint density at radius 3 is 2.28 bits per heavy atom. The van der Waals surface area contributed by atoms with E-state index >= 15 is 0 Å². The molecule has 108 valence electrons. The van der Waals surface area contributed by atoms with E-state index in [2.05, 4.69) is 11.6 Å². The molecule has 18 heavy (non-hydrogen) atoms. The topological polar surface area (TPSA) is 12.0 Å². The first-order valence-electron chi connectivity index (χ1n) is 6.83. The zero-order valence-corrected chi connectivity index (χ0v) is 11.9. The summed E-state index contributed by atoms with van der Waals surface area (Å²) in [7, 11) is 0. The average Bonchev–Trinajstić information content (AvgIpc) is 2.33. The van der Waals surface area contributed by atoms with Crippen molar-refractivity contribution < 1.29 is 13.2 Å². The van der Waals surface area contributed by atoms with Crippen LogP contribution in [0.4, 0.5) is 13.2 Å². The van der Waals surface area contributed by atoms with Crippen molar-refractivity contribution in [3.63, 3.8) is 0 Å². The van der Waals surface area contributed by atoms with Crippen molar-refractivity contribution in [2.45, 2.75) is 57.2 Å². The van der Waals surface area contributed by atoms with Crippen LogP contribution in [0.3, 0.4) is 0 Å². The molecule has 1 nitrogen and oxygen atoms in total. The molecule has 1 N–H and O–H groups in total. The first-order valence-corrected chi connectivity index (χ1v) is 8.22. The number of hydrogen-bond donors (Lipinski definition) is 1. The van der Waals surface area contributed by atoms with Gasteiger partial charge in [-0.05, 0) is 57.1 Å². The summed E-state index contributed by atoms with van der Waals surface area (Å²) in [5.74, 6) is 0.147. The first-order chi connectivity index (χ1) is 8.54. The number of thioether (sulfide) groups is 1. The Labute approximate surface area is 112 Å². The number of rotatable bonds is 7. The van der Waals surface area contributed by atoms with Gasteiger partial charge in [-0.2, -0.15) is 24.9 Å². The fourth-order valence-corrected chi connectivity index (χ4v) is 2.97. The van der Waals surface area contributed by atoms with Gasteiger partial charge in [0.1, 0.15) is 0 Å². The molecule has 0 atom stereocenters. The number of hydrogen-bond acceptors (Lipinski definition) is 2. The molecule has 0 aromatic rings. The van der Waals surface area contributed by atoms with Crippen LogP contribution in [0.25, 0.3) is 0 Å². The van der Waals surface area contributed by atoms with Crippen molar-refractivity contribution in [2.24, 2.45) is 5.92 Å². The molecule has 0 radical (unpaired) electrons. The van der Waals surface area contributed by atoms with Crippen molar-refractivity contribution in [3.8, 4) is 0 Å². The minimum atomic E-state index is -3.98. The van der Waals surface area contributed by atoms with Gasteiger partial charge in [0.15, 0.2) is 0 Å². The molecule has 0 amide bonds. The maximum absolute atomic E-state index is 12.5. The summed E-state index contributed by atoms with van der Waals surface area (Å²) in [6, 6.07) is 0.309. The van der Waals surface area contributed by atoms with Gasteiger partial charge in [-0.3, -0.25) is 0 Å². The van der Waals surface area contributed by atoms with Crippen molar-refractivity contribution >= 4 is 11.8 Å². The highest BCUT2D eigenvalue weighted by Gasteiger charge is 2.41. The van der Waals surface area contributed by atoms with E-state index in [0.717, 1.165) is 13.0 Å². The molecule has 1 aliphatic carbocycles. The van der Waals surface area contributed by atoms with Gasteiger partial charge in [0.2, 0.25) is 0 Å². The predicted octanol–water partition coefficient (Wildman–Crippen LogP) is 4.23. The highest BCUT2D eigenvalue weighted by atomic mass is 32.2. The lowest BCUT2D eigenvalue weighted by Crippen LogP contribution is -2.37. The Hall–Kier alpha value is 0.100. The quantitative estimate of drug-likeness (QED) is 0.702. The largest absolute Gasteiger partial charge is 0.391 e. The Morgan fingerprint density at radius 1 is 1.06 bits per heavy atom. The highest BCUT2D eigenvalue weighted by Crippen LogP contribution is 2.37. The van der Waals surface area contributed by atoms with Crippen LogP contribution in [0.5, 0.6) is 0 Å². The maximum atomic E-state index is 12.5. The Balaban J connectivity index is 2.02. The summed E-state index contributed by atoms with van der Waals surface area (Å²) in [5, 5.41) is 3.40. The molecule has 0 aromatic carbocycles. The maximum Gasteiger partial charge on any atom is 0.391 e. The summed E-state index contributed by atoms with van der Waals surface area (Å²) >= 11 is 1.86. The fourth-order valence-electron chi connectivity index (χ4n) is 2.48. The molecule has 0 saturated heterocycles. The predicted molar refractivity (Wildman–Crippen MR) is 72.0 cm³/mol. The molecule has 0 aliphatic heterocycles. The fraction of sp³-hybridized carbons (Fsp3) is 1.00. The number of alkyl halides is 3. The summed E-state index contributed by atoms with van der Waals surface area (Å²) in [6.45, 7) is 0.954. The SMILES string of the molecule is CSCCCCCNC1CCC(C(F)(F)F)CC1. The third-order valence-corrected chi connectivity index (χ3v) is 4.35. The third-order valence-electron chi connectivity index (χ3n) is 3.65. The third kappa shape index (κ3) is 6.32. The van der Waals surface area contributed by atoms with Gasteiger partial charge in [0.25, 0.3) is 0 Å². The molecule has 0 unspecified atom stereocenters. The van der Waals surface area contributed by atoms with Crippen LogP contribution in [-0.4, -0.2) is 30.8 Å². The van der Waals surface area contributed by atoms with Gasteiger partial charge in [-0.15, -0.1) is 0 Å². The lowest BCUT2D eigenvalue weighted by atomic mass is 9.85. The number of nitrogens with one attached hydrogen (secondary N) is 1. The Bertz CT molecular complexity index is 213. The number of halogens is 3. The molecule has 0 bridgehead atoms. The van der Waals surface area contributed by atoms with Crippen LogP contribution in [0, 0.1) is 5.92 Å². The molecular formula is C13H24F3NS. The van der Waals surface area contributed by atoms with Gasteiger partial charge in [-0.25, -0.2) is 0 Å². The van der Waals surface area contributed by atoms with E-state index in [9.17, 15) is 13.2 Å². The van der Waals surface area contributed by atoms with E-state index in [-0.39, 0.29) is 0 Å². The number of unbranched alkanes of at least 4 members (excludes halogenated alkanes) is 2. The second-order valence-electron chi connectivity index (χ2n) is 5.10. The van der Waals surface area contributed by atoms with Gasteiger partial charge in [0.05, 0.1) is 5.92 Å². The minimum Gasteiger partial charge on any atom is -0.314 e. The Kier molecular flexibility index (Phi) is 7.46. The summed E-state index contributed by atoms with van der Waals surface area (Å²) < 4.78 is 37.4. The van der Waals surface area contributed by atoms with E-state index in [4.69, 9.17) is 0 Å². The molecule has 0 heterocycles. The molecule has 1 rings (SSSR count). The zero-order chi connectivity index (χ0) is 13.4. The highest BCUT2D eigenvalue weighted by molar-refractivity contribution is 7.98. The summed E-state index contributed by atoms with van der Waals surface area (Å²) in [4.78, 5) is 0. The van der Waals surface area contributed by atoms with Crippen LogP contribution in [0.1, 0.15) is 44.9 Å². The van der Waals surface area contributed by atoms with Crippen molar-refractivity contribution in [1.29, 1.82) is 0 Å². The van der Waals surface area contributed by atoms with Gasteiger partial charge in [-0.1, -0.05) is 6.42 Å². The normalized spacial score (nSPS) is 25.3. The van der Waals surface area contributed by atoms with Crippen molar-refractivity contribution in [2.75, 3.05) is 18.6 Å². The van der Waals surface area contributed by atoms with Crippen LogP contribution in [0.15, 0.2) is 0 Å². The van der Waals surface area contributed by atoms with Crippen LogP contribution in [-0.2, 0) is 0 Å². The van der Waals surface area contributed by atoms with Gasteiger partial charge < -0.3 is 5.32 Å². The van der Waals surface area contributed by atoms with Gasteiger partial charge in [0, 0.05) is 6.04 Å². The van der Waals surface area contributed by atoms with E-state index < -0.39 is 12.1 Å². The molecule has 1 saturated carbocycles. The van der Waals surface area contributed by atoms with Crippen LogP contribution < -0.4 is 5.32 Å². The lowest BCUT2D eigenvalue weighted by molar-refractivity contribution is -0.182. The van der Waals surface area contributed by atoms with E-state index in [1.807, 2.05) is 11.8 Å². The lowest BCUT2D eigenvalue weighted by Gasteiger charge is -2.30. The molecule has 1 aliphatic rings. The van der Waals surface area contributed by atoms with E-state index in [1.165, 1.54) is 18.6 Å². The van der Waals surface area contributed by atoms with Gasteiger partial charge >= 0.3 is 6.18 Å². The van der Waals surface area contributed by atoms with Crippen molar-refractivity contribution in [3.05, 3.63) is 0 Å². The van der Waals surface area contributed by atoms with E-state index in [1.54, 1.807) is 0 Å². The first kappa shape index (κ1) is 16.2. The molecule has 0 spiro atoms. The monoisotopic (exact) mass is 283 g/mol. The molecule has 0 aromatic heterocycles. The molecular weight excluding hydrogens is 259 g/mol. The smallest absolute Gasteiger partial charge is 0.314 e. The zero-order valence-electron chi connectivity index (χ0n) is 11.1. The van der Waals surface area contributed by atoms with Crippen LogP contribution >= 0.6 is 11.8 Å². The second kappa shape index (κ2) is 8.31. The molecule has 5 heteroatoms. The average molecular weight is 283 g/mol. The minimum absolute atomic E-state index is 0.299. The van der Waals surface area contributed by atoms with Crippen molar-refractivity contribution in [1.82, 2.24) is 5.32 Å². The second-order valence-corrected chi connectivity index (χ2v) is 6.08. The Morgan fingerprint density at radius 2 is 1.72 bits per heavy atom. The standard InChI is InChI=1S/C13H24F3NS/c1-18-10-4-2-3-9-17-12-7-5-11(6-8-12)13(14,15)16/h11-12,17H,2-10H2,1H3. The summed E-state index contributed by atoms with van der Waals surface area (Å²) in [5.41, 5.74) is 0.